The fourth-order valence-electron chi connectivity index (χ4n) is 3.56. The molecule has 2 amide bonds. The molecule has 7 nitrogen and oxygen atoms in total. The van der Waals surface area contributed by atoms with Crippen molar-refractivity contribution < 1.29 is 14.0 Å². The minimum atomic E-state index is -0.0993. The molecule has 2 aliphatic rings. The molecule has 0 saturated carbocycles. The van der Waals surface area contributed by atoms with Crippen LogP contribution in [0.5, 0.6) is 0 Å². The second-order valence-corrected chi connectivity index (χ2v) is 7.57. The normalized spacial score (nSPS) is 21.0. The first-order valence-electron chi connectivity index (χ1n) is 8.99. The van der Waals surface area contributed by atoms with Gasteiger partial charge in [-0.25, -0.2) is 4.98 Å². The zero-order valence-electron chi connectivity index (χ0n) is 14.5. The molecule has 2 aromatic heterocycles. The average molecular weight is 374 g/mol. The van der Waals surface area contributed by atoms with Crippen molar-refractivity contribution in [3.63, 3.8) is 0 Å². The number of carbonyl (C=O) groups excluding carboxylic acids is 2. The smallest absolute Gasteiger partial charge is 0.273 e. The number of carbonyl (C=O) groups is 2. The monoisotopic (exact) mass is 374 g/mol. The summed E-state index contributed by atoms with van der Waals surface area (Å²) in [5.74, 6) is -0.00653. The second kappa shape index (κ2) is 7.59. The van der Waals surface area contributed by atoms with E-state index in [0.717, 1.165) is 49.6 Å². The first-order chi connectivity index (χ1) is 12.7. The Labute approximate surface area is 156 Å². The number of likely N-dealkylation sites (tertiary alicyclic amines) is 1. The summed E-state index contributed by atoms with van der Waals surface area (Å²) in [4.78, 5) is 33.7. The van der Waals surface area contributed by atoms with Crippen molar-refractivity contribution >= 4 is 23.2 Å². The maximum atomic E-state index is 12.8. The van der Waals surface area contributed by atoms with Gasteiger partial charge in [0, 0.05) is 50.2 Å². The van der Waals surface area contributed by atoms with Crippen LogP contribution < -0.4 is 5.32 Å². The molecule has 0 aromatic carbocycles. The number of piperidine rings is 1. The summed E-state index contributed by atoms with van der Waals surface area (Å²) in [5.41, 5.74) is 1.32. The highest BCUT2D eigenvalue weighted by molar-refractivity contribution is 7.13. The zero-order valence-corrected chi connectivity index (χ0v) is 15.3. The lowest BCUT2D eigenvalue weighted by Gasteiger charge is -2.36. The molecule has 0 radical (unpaired) electrons. The molecular formula is C18H22N4O3S. The van der Waals surface area contributed by atoms with Crippen LogP contribution in [0, 0.1) is 5.92 Å². The van der Waals surface area contributed by atoms with Crippen LogP contribution in [-0.2, 0) is 4.79 Å². The van der Waals surface area contributed by atoms with Gasteiger partial charge in [0.05, 0.1) is 12.2 Å². The fourth-order valence-corrected chi connectivity index (χ4v) is 4.34. The summed E-state index contributed by atoms with van der Waals surface area (Å²) < 4.78 is 5.08. The van der Waals surface area contributed by atoms with Gasteiger partial charge >= 0.3 is 0 Å². The van der Waals surface area contributed by atoms with E-state index in [9.17, 15) is 9.59 Å². The van der Waals surface area contributed by atoms with Crippen LogP contribution >= 0.6 is 11.3 Å². The van der Waals surface area contributed by atoms with Gasteiger partial charge in [-0.1, -0.05) is 0 Å². The highest BCUT2D eigenvalue weighted by Gasteiger charge is 2.32. The molecule has 8 heteroatoms. The zero-order chi connectivity index (χ0) is 17.9. The Kier molecular flexibility index (Phi) is 5.03. The number of hydrogen-bond donors (Lipinski definition) is 1. The van der Waals surface area contributed by atoms with E-state index in [0.29, 0.717) is 18.8 Å². The lowest BCUT2D eigenvalue weighted by atomic mass is 9.96. The first kappa shape index (κ1) is 17.2. The van der Waals surface area contributed by atoms with Crippen molar-refractivity contribution in [1.29, 1.82) is 0 Å². The van der Waals surface area contributed by atoms with Crippen LogP contribution in [0.25, 0.3) is 10.6 Å². The number of aromatic nitrogens is 1. The van der Waals surface area contributed by atoms with Crippen molar-refractivity contribution in [2.75, 3.05) is 39.3 Å². The van der Waals surface area contributed by atoms with Crippen molar-refractivity contribution in [1.82, 2.24) is 20.1 Å². The van der Waals surface area contributed by atoms with E-state index in [1.54, 1.807) is 22.8 Å². The molecule has 1 atom stereocenters. The van der Waals surface area contributed by atoms with Crippen LogP contribution in [0.15, 0.2) is 28.4 Å². The SMILES string of the molecule is O=C(c1csc(-c2ccoc2)n1)N1CCCC(C(=O)N2CCNCC2)C1. The highest BCUT2D eigenvalue weighted by atomic mass is 32.1. The van der Waals surface area contributed by atoms with Crippen LogP contribution in [0.3, 0.4) is 0 Å². The number of amides is 2. The molecule has 1 unspecified atom stereocenters. The lowest BCUT2D eigenvalue weighted by molar-refractivity contribution is -0.137. The Morgan fingerprint density at radius 3 is 2.85 bits per heavy atom. The van der Waals surface area contributed by atoms with Crippen LogP contribution in [0.1, 0.15) is 23.3 Å². The van der Waals surface area contributed by atoms with Crippen molar-refractivity contribution in [2.24, 2.45) is 5.92 Å². The van der Waals surface area contributed by atoms with Crippen LogP contribution in [-0.4, -0.2) is 65.9 Å². The third-order valence-electron chi connectivity index (χ3n) is 4.98. The molecule has 1 N–H and O–H groups in total. The standard InChI is InChI=1S/C18H22N4O3S/c23-17(21-7-4-19-5-8-21)13-2-1-6-22(10-13)18(24)15-12-26-16(20-15)14-3-9-25-11-14/h3,9,11-13,19H,1-2,4-8,10H2. The lowest BCUT2D eigenvalue weighted by Crippen LogP contribution is -2.52. The molecule has 2 aliphatic heterocycles. The van der Waals surface area contributed by atoms with Crippen molar-refractivity contribution in [3.8, 4) is 10.6 Å². The molecule has 2 fully saturated rings. The van der Waals surface area contributed by atoms with E-state index in [-0.39, 0.29) is 17.7 Å². The van der Waals surface area contributed by atoms with E-state index in [4.69, 9.17) is 4.42 Å². The van der Waals surface area contributed by atoms with Gasteiger partial charge < -0.3 is 19.5 Å². The molecule has 0 bridgehead atoms. The Morgan fingerprint density at radius 1 is 1.23 bits per heavy atom. The van der Waals surface area contributed by atoms with E-state index in [1.165, 1.54) is 11.3 Å². The third kappa shape index (κ3) is 3.52. The Balaban J connectivity index is 1.42. The Bertz CT molecular complexity index is 767. The minimum Gasteiger partial charge on any atom is -0.472 e. The van der Waals surface area contributed by atoms with Gasteiger partial charge in [-0.3, -0.25) is 9.59 Å². The summed E-state index contributed by atoms with van der Waals surface area (Å²) in [7, 11) is 0. The highest BCUT2D eigenvalue weighted by Crippen LogP contribution is 2.26. The summed E-state index contributed by atoms with van der Waals surface area (Å²) in [6.45, 7) is 4.36. The molecule has 138 valence electrons. The molecular weight excluding hydrogens is 352 g/mol. The number of thiazole rings is 1. The molecule has 2 aromatic rings. The second-order valence-electron chi connectivity index (χ2n) is 6.72. The molecule has 4 rings (SSSR count). The average Bonchev–Trinajstić information content (AvgIpc) is 3.39. The number of furan rings is 1. The summed E-state index contributed by atoms with van der Waals surface area (Å²) in [6, 6.07) is 1.83. The summed E-state index contributed by atoms with van der Waals surface area (Å²) >= 11 is 1.43. The van der Waals surface area contributed by atoms with E-state index in [1.807, 2.05) is 11.0 Å². The van der Waals surface area contributed by atoms with E-state index < -0.39 is 0 Å². The predicted octanol–water partition coefficient (Wildman–Crippen LogP) is 1.69. The number of hydrogen-bond acceptors (Lipinski definition) is 6. The van der Waals surface area contributed by atoms with Gasteiger partial charge in [-0.2, -0.15) is 0 Å². The fraction of sp³-hybridized carbons (Fsp3) is 0.500. The van der Waals surface area contributed by atoms with Crippen molar-refractivity contribution in [2.45, 2.75) is 12.8 Å². The van der Waals surface area contributed by atoms with Crippen LogP contribution in [0.4, 0.5) is 0 Å². The van der Waals surface area contributed by atoms with Gasteiger partial charge in [-0.05, 0) is 18.9 Å². The van der Waals surface area contributed by atoms with Gasteiger partial charge in [0.1, 0.15) is 17.0 Å². The quantitative estimate of drug-likeness (QED) is 0.884. The van der Waals surface area contributed by atoms with Gasteiger partial charge in [0.2, 0.25) is 5.91 Å². The number of nitrogens with zero attached hydrogens (tertiary/aromatic N) is 3. The number of nitrogens with one attached hydrogen (secondary N) is 1. The van der Waals surface area contributed by atoms with Gasteiger partial charge in [-0.15, -0.1) is 11.3 Å². The number of piperazine rings is 1. The molecule has 2 saturated heterocycles. The third-order valence-corrected chi connectivity index (χ3v) is 5.87. The topological polar surface area (TPSA) is 78.7 Å². The summed E-state index contributed by atoms with van der Waals surface area (Å²) in [6.07, 6.45) is 4.92. The number of rotatable bonds is 3. The molecule has 0 spiro atoms. The van der Waals surface area contributed by atoms with Gasteiger partial charge in [0.25, 0.3) is 5.91 Å². The molecule has 26 heavy (non-hydrogen) atoms. The largest absolute Gasteiger partial charge is 0.472 e. The summed E-state index contributed by atoms with van der Waals surface area (Å²) in [5, 5.41) is 5.82. The van der Waals surface area contributed by atoms with Crippen molar-refractivity contribution in [3.05, 3.63) is 29.7 Å². The minimum absolute atomic E-state index is 0.0891. The Hall–Kier alpha value is -2.19. The predicted molar refractivity (Wildman–Crippen MR) is 97.9 cm³/mol. The molecule has 0 aliphatic carbocycles. The maximum Gasteiger partial charge on any atom is 0.273 e. The molecule has 4 heterocycles. The van der Waals surface area contributed by atoms with E-state index >= 15 is 0 Å². The maximum absolute atomic E-state index is 12.8. The van der Waals surface area contributed by atoms with Gasteiger partial charge in [0.15, 0.2) is 0 Å². The van der Waals surface area contributed by atoms with Crippen LogP contribution in [0.2, 0.25) is 0 Å². The Morgan fingerprint density at radius 2 is 2.08 bits per heavy atom. The van der Waals surface area contributed by atoms with E-state index in [2.05, 4.69) is 10.3 Å². The first-order valence-corrected chi connectivity index (χ1v) is 9.87.